The first-order valence-corrected chi connectivity index (χ1v) is 10.4. The third-order valence-corrected chi connectivity index (χ3v) is 6.03. The molecule has 2 aromatic carbocycles. The first-order valence-electron chi connectivity index (χ1n) is 9.52. The molecule has 0 saturated heterocycles. The van der Waals surface area contributed by atoms with Crippen LogP contribution < -0.4 is 15.0 Å². The zero-order chi connectivity index (χ0) is 21.5. The van der Waals surface area contributed by atoms with Crippen molar-refractivity contribution < 1.29 is 14.6 Å². The van der Waals surface area contributed by atoms with E-state index >= 15 is 0 Å². The Labute approximate surface area is 178 Å². The molecule has 0 unspecified atom stereocenters. The number of benzene rings is 2. The van der Waals surface area contributed by atoms with E-state index in [0.717, 1.165) is 27.0 Å². The highest BCUT2D eigenvalue weighted by molar-refractivity contribution is 7.13. The van der Waals surface area contributed by atoms with Gasteiger partial charge in [-0.05, 0) is 48.6 Å². The van der Waals surface area contributed by atoms with Crippen molar-refractivity contribution in [3.05, 3.63) is 69.8 Å². The number of ether oxygens (including phenoxy) is 2. The summed E-state index contributed by atoms with van der Waals surface area (Å²) in [6.45, 7) is 3.49. The third kappa shape index (κ3) is 3.49. The van der Waals surface area contributed by atoms with Gasteiger partial charge in [-0.15, -0.1) is 11.3 Å². The maximum Gasteiger partial charge on any atom is 0.257 e. The van der Waals surface area contributed by atoms with Crippen LogP contribution in [0.1, 0.15) is 19.4 Å². The molecule has 0 aliphatic rings. The van der Waals surface area contributed by atoms with Gasteiger partial charge in [-0.1, -0.05) is 24.3 Å². The zero-order valence-corrected chi connectivity index (χ0v) is 18.1. The van der Waals surface area contributed by atoms with E-state index in [1.165, 1.54) is 11.3 Å². The minimum Gasteiger partial charge on any atom is -0.493 e. The van der Waals surface area contributed by atoms with Gasteiger partial charge in [0.05, 0.1) is 30.9 Å². The number of methoxy groups -OCH3 is 2. The smallest absolute Gasteiger partial charge is 0.257 e. The topological polar surface area (TPSA) is 71.6 Å². The maximum atomic E-state index is 13.2. The summed E-state index contributed by atoms with van der Waals surface area (Å²) in [5.41, 5.74) is 2.48. The molecule has 6 heteroatoms. The molecule has 2 aromatic heterocycles. The van der Waals surface area contributed by atoms with Crippen LogP contribution in [0.5, 0.6) is 11.5 Å². The molecule has 0 spiro atoms. The highest BCUT2D eigenvalue weighted by Crippen LogP contribution is 2.41. The number of aliphatic hydroxyl groups is 1. The quantitative estimate of drug-likeness (QED) is 0.466. The zero-order valence-electron chi connectivity index (χ0n) is 17.3. The summed E-state index contributed by atoms with van der Waals surface area (Å²) in [4.78, 5) is 17.1. The third-order valence-electron chi connectivity index (χ3n) is 5.14. The molecule has 0 saturated carbocycles. The normalized spacial score (nSPS) is 11.6. The van der Waals surface area contributed by atoms with Crippen LogP contribution in [0.3, 0.4) is 0 Å². The Kier molecular flexibility index (Phi) is 5.13. The van der Waals surface area contributed by atoms with Crippen LogP contribution in [-0.4, -0.2) is 24.3 Å². The predicted molar refractivity (Wildman–Crippen MR) is 122 cm³/mol. The van der Waals surface area contributed by atoms with Crippen LogP contribution >= 0.6 is 11.3 Å². The Balaban J connectivity index is 2.15. The van der Waals surface area contributed by atoms with Gasteiger partial charge in [0, 0.05) is 21.9 Å². The van der Waals surface area contributed by atoms with Crippen LogP contribution in [0.25, 0.3) is 32.5 Å². The van der Waals surface area contributed by atoms with Gasteiger partial charge in [0.25, 0.3) is 5.56 Å². The Bertz CT molecular complexity index is 1270. The largest absolute Gasteiger partial charge is 0.493 e. The van der Waals surface area contributed by atoms with Crippen molar-refractivity contribution in [2.45, 2.75) is 19.4 Å². The number of hydrogen-bond acceptors (Lipinski definition) is 5. The molecule has 154 valence electrons. The molecule has 0 aliphatic carbocycles. The lowest BCUT2D eigenvalue weighted by molar-refractivity contribution is 0.0786. The summed E-state index contributed by atoms with van der Waals surface area (Å²) < 4.78 is 10.9. The van der Waals surface area contributed by atoms with Crippen molar-refractivity contribution in [2.75, 3.05) is 14.2 Å². The van der Waals surface area contributed by atoms with Crippen LogP contribution in [0.4, 0.5) is 0 Å². The second-order valence-electron chi connectivity index (χ2n) is 7.57. The number of thiophene rings is 1. The van der Waals surface area contributed by atoms with Gasteiger partial charge < -0.3 is 19.6 Å². The summed E-state index contributed by atoms with van der Waals surface area (Å²) in [5, 5.41) is 13.3. The lowest BCUT2D eigenvalue weighted by Gasteiger charge is -2.20. The van der Waals surface area contributed by atoms with Gasteiger partial charge in [-0.25, -0.2) is 0 Å². The Hall–Kier alpha value is -3.09. The molecule has 2 N–H and O–H groups in total. The second kappa shape index (κ2) is 7.63. The van der Waals surface area contributed by atoms with Crippen molar-refractivity contribution in [3.8, 4) is 33.1 Å². The lowest BCUT2D eigenvalue weighted by atomic mass is 9.90. The number of H-pyrrole nitrogens is 1. The molecule has 4 rings (SSSR count). The minimum absolute atomic E-state index is 0.180. The standard InChI is InChI=1S/C24H23NO4S/c1-24(2,27)15-8-5-7-14(11-15)21-16-12-18(28-3)19(29-4)13-17(16)25-23(26)22(21)20-9-6-10-30-20/h5-13,27H,1-4H3,(H,25,26). The predicted octanol–water partition coefficient (Wildman–Crippen LogP) is 5.17. The van der Waals surface area contributed by atoms with Crippen LogP contribution in [0.15, 0.2) is 58.7 Å². The Morgan fingerprint density at radius 3 is 2.33 bits per heavy atom. The summed E-state index contributed by atoms with van der Waals surface area (Å²) in [7, 11) is 3.15. The molecular formula is C24H23NO4S. The molecule has 5 nitrogen and oxygen atoms in total. The number of fused-ring (bicyclic) bond motifs is 1. The maximum absolute atomic E-state index is 13.2. The average molecular weight is 422 g/mol. The van der Waals surface area contributed by atoms with Crippen LogP contribution in [-0.2, 0) is 5.60 Å². The van der Waals surface area contributed by atoms with Gasteiger partial charge >= 0.3 is 0 Å². The fourth-order valence-corrected chi connectivity index (χ4v) is 4.41. The number of hydrogen-bond donors (Lipinski definition) is 2. The van der Waals surface area contributed by atoms with Gasteiger partial charge in [-0.2, -0.15) is 0 Å². The van der Waals surface area contributed by atoms with E-state index in [-0.39, 0.29) is 5.56 Å². The SMILES string of the molecule is COc1cc2[nH]c(=O)c(-c3cccs3)c(-c3cccc(C(C)(C)O)c3)c2cc1OC. The van der Waals surface area contributed by atoms with Crippen molar-refractivity contribution in [3.63, 3.8) is 0 Å². The first-order chi connectivity index (χ1) is 14.3. The lowest BCUT2D eigenvalue weighted by Crippen LogP contribution is -2.15. The van der Waals surface area contributed by atoms with E-state index in [4.69, 9.17) is 9.47 Å². The second-order valence-corrected chi connectivity index (χ2v) is 8.52. The number of aromatic amines is 1. The summed E-state index contributed by atoms with van der Waals surface area (Å²) in [6, 6.07) is 15.2. The summed E-state index contributed by atoms with van der Waals surface area (Å²) >= 11 is 1.51. The molecule has 0 radical (unpaired) electrons. The highest BCUT2D eigenvalue weighted by atomic mass is 32.1. The molecular weight excluding hydrogens is 398 g/mol. The van der Waals surface area contributed by atoms with Crippen LogP contribution in [0.2, 0.25) is 0 Å². The summed E-state index contributed by atoms with van der Waals surface area (Å²) in [6.07, 6.45) is 0. The Morgan fingerprint density at radius 1 is 0.967 bits per heavy atom. The van der Waals surface area contributed by atoms with Gasteiger partial charge in [0.2, 0.25) is 0 Å². The van der Waals surface area contributed by atoms with Gasteiger partial charge in [0.1, 0.15) is 0 Å². The molecule has 30 heavy (non-hydrogen) atoms. The molecule has 2 heterocycles. The van der Waals surface area contributed by atoms with E-state index in [1.807, 2.05) is 47.8 Å². The average Bonchev–Trinajstić information content (AvgIpc) is 3.25. The van der Waals surface area contributed by atoms with Gasteiger partial charge in [0.15, 0.2) is 11.5 Å². The fraction of sp³-hybridized carbons (Fsp3) is 0.208. The Morgan fingerprint density at radius 2 is 1.70 bits per heavy atom. The van der Waals surface area contributed by atoms with Crippen molar-refractivity contribution in [2.24, 2.45) is 0 Å². The molecule has 0 fully saturated rings. The van der Waals surface area contributed by atoms with Crippen molar-refractivity contribution >= 4 is 22.2 Å². The molecule has 0 bridgehead atoms. The fourth-order valence-electron chi connectivity index (χ4n) is 3.63. The van der Waals surface area contributed by atoms with E-state index in [2.05, 4.69) is 4.98 Å². The minimum atomic E-state index is -1.00. The number of aromatic nitrogens is 1. The van der Waals surface area contributed by atoms with Crippen molar-refractivity contribution in [1.29, 1.82) is 0 Å². The summed E-state index contributed by atoms with van der Waals surface area (Å²) in [5.74, 6) is 1.12. The van der Waals surface area contributed by atoms with Crippen LogP contribution in [0, 0.1) is 0 Å². The highest BCUT2D eigenvalue weighted by Gasteiger charge is 2.22. The number of rotatable bonds is 5. The van der Waals surface area contributed by atoms with E-state index < -0.39 is 5.60 Å². The van der Waals surface area contributed by atoms with Gasteiger partial charge in [-0.3, -0.25) is 4.79 Å². The van der Waals surface area contributed by atoms with E-state index in [1.54, 1.807) is 34.1 Å². The first kappa shape index (κ1) is 20.2. The molecule has 0 atom stereocenters. The van der Waals surface area contributed by atoms with Crippen molar-refractivity contribution in [1.82, 2.24) is 4.98 Å². The molecule has 4 aromatic rings. The number of pyridine rings is 1. The van der Waals surface area contributed by atoms with E-state index in [0.29, 0.717) is 22.6 Å². The molecule has 0 amide bonds. The monoisotopic (exact) mass is 421 g/mol. The number of nitrogens with one attached hydrogen (secondary N) is 1. The molecule has 0 aliphatic heterocycles. The van der Waals surface area contributed by atoms with E-state index in [9.17, 15) is 9.90 Å².